The second kappa shape index (κ2) is 5.75. The van der Waals surface area contributed by atoms with Crippen molar-refractivity contribution in [3.63, 3.8) is 0 Å². The summed E-state index contributed by atoms with van der Waals surface area (Å²) >= 11 is 3.38. The summed E-state index contributed by atoms with van der Waals surface area (Å²) in [6, 6.07) is 5.58. The minimum absolute atomic E-state index is 0.00984. The van der Waals surface area contributed by atoms with E-state index in [0.29, 0.717) is 18.8 Å². The molecule has 88 valence electrons. The first kappa shape index (κ1) is 12.8. The van der Waals surface area contributed by atoms with Gasteiger partial charge in [-0.3, -0.25) is 4.79 Å². The molecule has 0 aliphatic heterocycles. The number of benzene rings is 1. The zero-order valence-corrected chi connectivity index (χ0v) is 11.0. The van der Waals surface area contributed by atoms with Crippen LogP contribution in [0.5, 0.6) is 0 Å². The number of anilines is 2. The first-order valence-electron chi connectivity index (χ1n) is 5.07. The van der Waals surface area contributed by atoms with Crippen molar-refractivity contribution in [1.82, 2.24) is 5.32 Å². The van der Waals surface area contributed by atoms with Crippen LogP contribution in [0, 0.1) is 0 Å². The van der Waals surface area contributed by atoms with Crippen LogP contribution in [0.15, 0.2) is 22.7 Å². The average Bonchev–Trinajstić information content (AvgIpc) is 2.21. The van der Waals surface area contributed by atoms with E-state index < -0.39 is 0 Å². The molecule has 3 N–H and O–H groups in total. The van der Waals surface area contributed by atoms with Crippen molar-refractivity contribution in [2.24, 2.45) is 0 Å². The summed E-state index contributed by atoms with van der Waals surface area (Å²) in [5.74, 6) is -0.00984. The molecule has 0 saturated carbocycles. The second-order valence-corrected chi connectivity index (χ2v) is 4.43. The van der Waals surface area contributed by atoms with Crippen molar-refractivity contribution in [3.8, 4) is 0 Å². The van der Waals surface area contributed by atoms with Crippen LogP contribution in [0.25, 0.3) is 0 Å². The molecular weight excluding hydrogens is 270 g/mol. The molecule has 1 aromatic rings. The molecule has 0 unspecified atom stereocenters. The molecule has 0 bridgehead atoms. The van der Waals surface area contributed by atoms with Gasteiger partial charge in [-0.25, -0.2) is 0 Å². The lowest BCUT2D eigenvalue weighted by atomic mass is 10.2. The molecule has 0 saturated heterocycles. The van der Waals surface area contributed by atoms with E-state index in [0.717, 1.165) is 10.2 Å². The Kier molecular flexibility index (Phi) is 4.61. The van der Waals surface area contributed by atoms with Gasteiger partial charge in [0, 0.05) is 18.1 Å². The Labute approximate surface area is 104 Å². The maximum Gasteiger partial charge on any atom is 0.239 e. The molecule has 0 aliphatic carbocycles. The Morgan fingerprint density at radius 3 is 2.88 bits per heavy atom. The molecule has 0 fully saturated rings. The number of carbonyl (C=O) groups excluding carboxylic acids is 1. The third kappa shape index (κ3) is 3.41. The van der Waals surface area contributed by atoms with E-state index in [9.17, 15) is 4.79 Å². The standard InChI is InChI=1S/C11H16BrN3O/c1-3-14-11(16)7-15(2)10-6-8(12)4-5-9(10)13/h4-6H,3,7,13H2,1-2H3,(H,14,16). The van der Waals surface area contributed by atoms with Crippen molar-refractivity contribution < 1.29 is 4.79 Å². The molecule has 0 heterocycles. The van der Waals surface area contributed by atoms with Gasteiger partial charge >= 0.3 is 0 Å². The van der Waals surface area contributed by atoms with Crippen molar-refractivity contribution in [2.75, 3.05) is 30.8 Å². The lowest BCUT2D eigenvalue weighted by molar-refractivity contribution is -0.119. The molecule has 5 heteroatoms. The van der Waals surface area contributed by atoms with E-state index in [2.05, 4.69) is 21.2 Å². The number of nitrogen functional groups attached to an aromatic ring is 1. The van der Waals surface area contributed by atoms with Crippen LogP contribution < -0.4 is 16.0 Å². The van der Waals surface area contributed by atoms with E-state index >= 15 is 0 Å². The highest BCUT2D eigenvalue weighted by Crippen LogP contribution is 2.25. The first-order valence-corrected chi connectivity index (χ1v) is 5.86. The quantitative estimate of drug-likeness (QED) is 0.827. The summed E-state index contributed by atoms with van der Waals surface area (Å²) in [4.78, 5) is 13.2. The summed E-state index contributed by atoms with van der Waals surface area (Å²) in [6.07, 6.45) is 0. The molecular formula is C11H16BrN3O. The van der Waals surface area contributed by atoms with Crippen LogP contribution in [-0.2, 0) is 4.79 Å². The Morgan fingerprint density at radius 1 is 1.56 bits per heavy atom. The predicted molar refractivity (Wildman–Crippen MR) is 70.5 cm³/mol. The van der Waals surface area contributed by atoms with Crippen molar-refractivity contribution in [2.45, 2.75) is 6.92 Å². The van der Waals surface area contributed by atoms with Crippen LogP contribution >= 0.6 is 15.9 Å². The highest BCUT2D eigenvalue weighted by atomic mass is 79.9. The normalized spacial score (nSPS) is 9.94. The number of hydrogen-bond acceptors (Lipinski definition) is 3. The van der Waals surface area contributed by atoms with E-state index in [-0.39, 0.29) is 5.91 Å². The van der Waals surface area contributed by atoms with Gasteiger partial charge in [-0.15, -0.1) is 0 Å². The average molecular weight is 286 g/mol. The fourth-order valence-electron chi connectivity index (χ4n) is 1.40. The molecule has 4 nitrogen and oxygen atoms in total. The fourth-order valence-corrected chi connectivity index (χ4v) is 1.75. The number of carbonyl (C=O) groups is 1. The predicted octanol–water partition coefficient (Wildman–Crippen LogP) is 1.60. The number of likely N-dealkylation sites (N-methyl/N-ethyl adjacent to an activating group) is 2. The number of nitrogens with one attached hydrogen (secondary N) is 1. The first-order chi connectivity index (χ1) is 7.54. The maximum absolute atomic E-state index is 11.4. The Balaban J connectivity index is 2.76. The number of nitrogens with two attached hydrogens (primary N) is 1. The second-order valence-electron chi connectivity index (χ2n) is 3.51. The van der Waals surface area contributed by atoms with E-state index in [1.807, 2.05) is 37.1 Å². The van der Waals surface area contributed by atoms with Crippen molar-refractivity contribution in [3.05, 3.63) is 22.7 Å². The summed E-state index contributed by atoms with van der Waals surface area (Å²) in [6.45, 7) is 2.83. The zero-order valence-electron chi connectivity index (χ0n) is 9.46. The number of amides is 1. The Bertz CT molecular complexity index is 381. The molecule has 0 aromatic heterocycles. The van der Waals surface area contributed by atoms with Gasteiger partial charge in [0.25, 0.3) is 0 Å². The number of nitrogens with zero attached hydrogens (tertiary/aromatic N) is 1. The highest BCUT2D eigenvalue weighted by Gasteiger charge is 2.09. The third-order valence-electron chi connectivity index (χ3n) is 2.16. The van der Waals surface area contributed by atoms with Gasteiger partial charge in [0.1, 0.15) is 0 Å². The summed E-state index contributed by atoms with van der Waals surface area (Å²) in [5.41, 5.74) is 7.36. The summed E-state index contributed by atoms with van der Waals surface area (Å²) < 4.78 is 0.944. The summed E-state index contributed by atoms with van der Waals surface area (Å²) in [7, 11) is 1.84. The molecule has 1 rings (SSSR count). The van der Waals surface area contributed by atoms with Crippen LogP contribution in [0.4, 0.5) is 11.4 Å². The van der Waals surface area contributed by atoms with Gasteiger partial charge in [-0.05, 0) is 25.1 Å². The fraction of sp³-hybridized carbons (Fsp3) is 0.364. The Morgan fingerprint density at radius 2 is 2.25 bits per heavy atom. The van der Waals surface area contributed by atoms with Gasteiger partial charge < -0.3 is 16.0 Å². The van der Waals surface area contributed by atoms with Crippen LogP contribution in [0.1, 0.15) is 6.92 Å². The maximum atomic E-state index is 11.4. The molecule has 0 atom stereocenters. The number of halogens is 1. The van der Waals surface area contributed by atoms with Gasteiger partial charge in [0.15, 0.2) is 0 Å². The Hall–Kier alpha value is -1.23. The molecule has 16 heavy (non-hydrogen) atoms. The minimum atomic E-state index is -0.00984. The van der Waals surface area contributed by atoms with Gasteiger partial charge in [0.2, 0.25) is 5.91 Å². The summed E-state index contributed by atoms with van der Waals surface area (Å²) in [5, 5.41) is 2.75. The molecule has 1 amide bonds. The molecule has 0 spiro atoms. The topological polar surface area (TPSA) is 58.4 Å². The van der Waals surface area contributed by atoms with Crippen molar-refractivity contribution >= 4 is 33.2 Å². The van der Waals surface area contributed by atoms with Crippen LogP contribution in [0.3, 0.4) is 0 Å². The lowest BCUT2D eigenvalue weighted by Gasteiger charge is -2.20. The minimum Gasteiger partial charge on any atom is -0.397 e. The van der Waals surface area contributed by atoms with Crippen LogP contribution in [-0.4, -0.2) is 26.0 Å². The lowest BCUT2D eigenvalue weighted by Crippen LogP contribution is -2.35. The monoisotopic (exact) mass is 285 g/mol. The third-order valence-corrected chi connectivity index (χ3v) is 2.65. The van der Waals surface area contributed by atoms with Crippen molar-refractivity contribution in [1.29, 1.82) is 0 Å². The molecule has 0 radical (unpaired) electrons. The van der Waals surface area contributed by atoms with Crippen LogP contribution in [0.2, 0.25) is 0 Å². The van der Waals surface area contributed by atoms with Gasteiger partial charge in [0.05, 0.1) is 17.9 Å². The van der Waals surface area contributed by atoms with E-state index in [1.54, 1.807) is 0 Å². The number of hydrogen-bond donors (Lipinski definition) is 2. The molecule has 0 aliphatic rings. The largest absolute Gasteiger partial charge is 0.397 e. The molecule has 1 aromatic carbocycles. The van der Waals surface area contributed by atoms with E-state index in [4.69, 9.17) is 5.73 Å². The van der Waals surface area contributed by atoms with Gasteiger partial charge in [-0.1, -0.05) is 15.9 Å². The zero-order chi connectivity index (χ0) is 12.1. The number of rotatable bonds is 4. The van der Waals surface area contributed by atoms with E-state index in [1.165, 1.54) is 0 Å². The van der Waals surface area contributed by atoms with Gasteiger partial charge in [-0.2, -0.15) is 0 Å². The highest BCUT2D eigenvalue weighted by molar-refractivity contribution is 9.10. The smallest absolute Gasteiger partial charge is 0.239 e. The SMILES string of the molecule is CCNC(=O)CN(C)c1cc(Br)ccc1N.